The third kappa shape index (κ3) is 3.66. The van der Waals surface area contributed by atoms with E-state index in [9.17, 15) is 4.79 Å². The number of imidazole rings is 1. The van der Waals surface area contributed by atoms with Crippen molar-refractivity contribution < 1.29 is 4.79 Å². The second-order valence-corrected chi connectivity index (χ2v) is 9.92. The van der Waals surface area contributed by atoms with Gasteiger partial charge >= 0.3 is 0 Å². The van der Waals surface area contributed by atoms with Crippen molar-refractivity contribution in [2.24, 2.45) is 29.4 Å². The molecule has 5 N–H and O–H groups in total. The summed E-state index contributed by atoms with van der Waals surface area (Å²) in [4.78, 5) is 17.2. The van der Waals surface area contributed by atoms with Gasteiger partial charge in [-0.25, -0.2) is 4.98 Å². The topological polar surface area (TPSA) is 111 Å². The Balaban J connectivity index is 1.35. The first-order chi connectivity index (χ1) is 14.8. The van der Waals surface area contributed by atoms with Crippen LogP contribution >= 0.6 is 0 Å². The largest absolute Gasteiger partial charge is 0.383 e. The lowest BCUT2D eigenvalue weighted by molar-refractivity contribution is -0.114. The van der Waals surface area contributed by atoms with Crippen molar-refractivity contribution in [1.29, 1.82) is 5.41 Å². The van der Waals surface area contributed by atoms with Gasteiger partial charge in [-0.05, 0) is 81.3 Å². The molecule has 1 aromatic rings. The lowest BCUT2D eigenvalue weighted by atomic mass is 9.95. The summed E-state index contributed by atoms with van der Waals surface area (Å²) in [6, 6.07) is 0. The van der Waals surface area contributed by atoms with E-state index in [-0.39, 0.29) is 11.6 Å². The maximum absolute atomic E-state index is 12.5. The van der Waals surface area contributed by atoms with E-state index < -0.39 is 0 Å². The Hall–Kier alpha value is -2.63. The van der Waals surface area contributed by atoms with E-state index in [1.54, 1.807) is 17.2 Å². The van der Waals surface area contributed by atoms with Crippen LogP contribution in [0.1, 0.15) is 63.9 Å². The Morgan fingerprint density at radius 1 is 1.32 bits per heavy atom. The van der Waals surface area contributed by atoms with Gasteiger partial charge in [-0.1, -0.05) is 22.8 Å². The van der Waals surface area contributed by atoms with Crippen LogP contribution in [0.2, 0.25) is 0 Å². The summed E-state index contributed by atoms with van der Waals surface area (Å²) in [6.07, 6.45) is 11.5. The number of nitrogen functional groups attached to an aromatic ring is 2. The second kappa shape index (κ2) is 7.50. The number of hydrogen-bond donors (Lipinski definition) is 3. The number of amidine groups is 1. The number of rotatable bonds is 8. The number of fused-ring (bicyclic) bond motifs is 2. The van der Waals surface area contributed by atoms with Crippen LogP contribution in [0, 0.1) is 29.1 Å². The molecule has 0 radical (unpaired) electrons. The highest BCUT2D eigenvalue weighted by molar-refractivity contribution is 5.97. The number of nitrogens with two attached hydrogens (primary N) is 2. The normalized spacial score (nSPS) is 27.1. The molecule has 0 saturated heterocycles. The number of allylic oxidation sites excluding steroid dienone is 6. The third-order valence-electron chi connectivity index (χ3n) is 7.75. The summed E-state index contributed by atoms with van der Waals surface area (Å²) in [5.74, 6) is 3.68. The predicted molar refractivity (Wildman–Crippen MR) is 123 cm³/mol. The van der Waals surface area contributed by atoms with Gasteiger partial charge in [-0.3, -0.25) is 10.2 Å². The first kappa shape index (κ1) is 20.3. The van der Waals surface area contributed by atoms with Crippen molar-refractivity contribution in [3.63, 3.8) is 0 Å². The number of aromatic nitrogens is 2. The van der Waals surface area contributed by atoms with Crippen molar-refractivity contribution in [2.45, 2.75) is 65.3 Å². The van der Waals surface area contributed by atoms with Crippen LogP contribution in [0.3, 0.4) is 0 Å². The van der Waals surface area contributed by atoms with Crippen molar-refractivity contribution in [1.82, 2.24) is 9.55 Å². The maximum Gasteiger partial charge on any atom is 0.157 e. The minimum absolute atomic E-state index is 0.113. The summed E-state index contributed by atoms with van der Waals surface area (Å²) in [5, 5.41) is 7.87. The van der Waals surface area contributed by atoms with E-state index in [2.05, 4.69) is 24.9 Å². The summed E-state index contributed by atoms with van der Waals surface area (Å²) in [5.41, 5.74) is 18.3. The van der Waals surface area contributed by atoms with Gasteiger partial charge in [0, 0.05) is 19.4 Å². The SMILES string of the molecule is CC(=CC(=O)CCn1c(CC2C3C(C)=CC4=C(CCC4)C23)nc(C(=N)N)c1N)C1CC1. The molecule has 0 spiro atoms. The quantitative estimate of drug-likeness (QED) is 0.337. The number of carbonyl (C=O) groups is 1. The molecule has 1 aromatic heterocycles. The Morgan fingerprint density at radius 2 is 2.10 bits per heavy atom. The summed E-state index contributed by atoms with van der Waals surface area (Å²) < 4.78 is 1.93. The number of anilines is 1. The van der Waals surface area contributed by atoms with Gasteiger partial charge in [0.1, 0.15) is 23.2 Å². The van der Waals surface area contributed by atoms with Crippen LogP contribution in [0.25, 0.3) is 0 Å². The van der Waals surface area contributed by atoms with Crippen LogP contribution in [0.4, 0.5) is 5.82 Å². The molecule has 164 valence electrons. The minimum atomic E-state index is -0.113. The molecule has 4 aliphatic carbocycles. The van der Waals surface area contributed by atoms with E-state index >= 15 is 0 Å². The van der Waals surface area contributed by atoms with Gasteiger partial charge < -0.3 is 16.0 Å². The standard InChI is InChI=1S/C25H33N5O/c1-13(15-6-7-15)11-17(31)8-9-30-20(29-23(24(26)27)25(30)28)12-19-21-14(2)10-16-4-3-5-18(16)22(19)21/h10-11,15,19,21-22H,3-9,12,28H2,1-2H3,(H3,26,27). The first-order valence-corrected chi connectivity index (χ1v) is 11.7. The Labute approximate surface area is 184 Å². The molecule has 6 heteroatoms. The molecule has 0 aliphatic heterocycles. The molecule has 1 heterocycles. The fourth-order valence-electron chi connectivity index (χ4n) is 5.96. The average molecular weight is 420 g/mol. The summed E-state index contributed by atoms with van der Waals surface area (Å²) in [6.45, 7) is 4.80. The highest BCUT2D eigenvalue weighted by Gasteiger charge is 2.55. The van der Waals surface area contributed by atoms with E-state index in [1.807, 2.05) is 4.57 Å². The number of ketones is 1. The molecule has 0 bridgehead atoms. The second-order valence-electron chi connectivity index (χ2n) is 9.92. The van der Waals surface area contributed by atoms with E-state index in [4.69, 9.17) is 16.9 Å². The van der Waals surface area contributed by atoms with Crippen LogP contribution in [-0.4, -0.2) is 21.2 Å². The molecular weight excluding hydrogens is 386 g/mol. The lowest BCUT2D eigenvalue weighted by Crippen LogP contribution is -2.15. The van der Waals surface area contributed by atoms with Crippen LogP contribution in [-0.2, 0) is 17.8 Å². The van der Waals surface area contributed by atoms with Gasteiger partial charge in [-0.2, -0.15) is 0 Å². The molecule has 3 unspecified atom stereocenters. The zero-order chi connectivity index (χ0) is 21.9. The van der Waals surface area contributed by atoms with Gasteiger partial charge in [0.15, 0.2) is 5.78 Å². The van der Waals surface area contributed by atoms with Crippen molar-refractivity contribution >= 4 is 17.4 Å². The maximum atomic E-state index is 12.5. The van der Waals surface area contributed by atoms with Gasteiger partial charge in [-0.15, -0.1) is 0 Å². The Morgan fingerprint density at radius 3 is 2.81 bits per heavy atom. The highest BCUT2D eigenvalue weighted by Crippen LogP contribution is 2.62. The minimum Gasteiger partial charge on any atom is -0.383 e. The van der Waals surface area contributed by atoms with Crippen molar-refractivity contribution in [3.8, 4) is 0 Å². The van der Waals surface area contributed by atoms with E-state index in [0.717, 1.165) is 12.2 Å². The molecule has 3 atom stereocenters. The fourth-order valence-corrected chi connectivity index (χ4v) is 5.96. The third-order valence-corrected chi connectivity index (χ3v) is 7.75. The molecule has 2 saturated carbocycles. The zero-order valence-corrected chi connectivity index (χ0v) is 18.6. The zero-order valence-electron chi connectivity index (χ0n) is 18.6. The first-order valence-electron chi connectivity index (χ1n) is 11.7. The molecule has 4 aliphatic rings. The molecule has 6 nitrogen and oxygen atoms in total. The predicted octanol–water partition coefficient (Wildman–Crippen LogP) is 3.91. The van der Waals surface area contributed by atoms with Crippen LogP contribution in [0.15, 0.2) is 34.4 Å². The average Bonchev–Trinajstić information content (AvgIpc) is 3.61. The lowest BCUT2D eigenvalue weighted by Gasteiger charge is -2.10. The monoisotopic (exact) mass is 419 g/mol. The summed E-state index contributed by atoms with van der Waals surface area (Å²) >= 11 is 0. The van der Waals surface area contributed by atoms with Crippen LogP contribution in [0.5, 0.6) is 0 Å². The van der Waals surface area contributed by atoms with Crippen molar-refractivity contribution in [3.05, 3.63) is 46.0 Å². The van der Waals surface area contributed by atoms with Crippen LogP contribution < -0.4 is 11.5 Å². The highest BCUT2D eigenvalue weighted by atomic mass is 16.1. The summed E-state index contributed by atoms with van der Waals surface area (Å²) in [7, 11) is 0. The number of carbonyl (C=O) groups excluding carboxylic acids is 1. The molecule has 5 rings (SSSR count). The Kier molecular flexibility index (Phi) is 4.91. The molecular formula is C25H33N5O. The van der Waals surface area contributed by atoms with E-state index in [0.29, 0.717) is 48.1 Å². The molecule has 2 fully saturated rings. The molecule has 0 amide bonds. The van der Waals surface area contributed by atoms with Gasteiger partial charge in [0.05, 0.1) is 0 Å². The number of nitrogens with zero attached hydrogens (tertiary/aromatic N) is 2. The number of hydrogen-bond acceptors (Lipinski definition) is 4. The van der Waals surface area contributed by atoms with E-state index in [1.165, 1.54) is 43.3 Å². The van der Waals surface area contributed by atoms with Crippen molar-refractivity contribution in [2.75, 3.05) is 5.73 Å². The van der Waals surface area contributed by atoms with Gasteiger partial charge in [0.2, 0.25) is 0 Å². The molecule has 31 heavy (non-hydrogen) atoms. The Bertz CT molecular complexity index is 1050. The fraction of sp³-hybridized carbons (Fsp3) is 0.560. The number of nitrogens with one attached hydrogen (secondary N) is 1. The smallest absolute Gasteiger partial charge is 0.157 e. The van der Waals surface area contributed by atoms with Gasteiger partial charge in [0.25, 0.3) is 0 Å². The molecule has 0 aromatic carbocycles.